The molecule has 19 aromatic carbocycles. The maximum atomic E-state index is 2.37. The van der Waals surface area contributed by atoms with Crippen LogP contribution in [0.25, 0.3) is 145 Å². The fourth-order valence-corrected chi connectivity index (χ4v) is 15.6. The standard InChI is InChI=1S/C62H46N2.C48H32/c1-5-13-49(14-6-1)53-27-39-59(40-28-53)63(60-41-29-54(30-42-60)50-15-7-2-8-16-50)57-35-23-47(24-36-57)21-22-48-25-37-58(38-26-48)64(61-43-31-55(32-44-61)51-17-9-3-10-18-51)62-45-33-56(34-46-62)52-19-11-4-12-20-52;1-4-14-33(15-5-1)40-30-41(34-16-6-2-7-17-34)32-42(31-40)38-25-24-37-29-39(27-26-36(37)28-38)48-45-22-12-10-20-43(45)47(35-18-8-3-9-19-35)44-21-11-13-23-46(44)48/h1-46H;1-32H/b22-21+;. The third-order valence-electron chi connectivity index (χ3n) is 21.3. The van der Waals surface area contributed by atoms with Crippen LogP contribution in [0.3, 0.4) is 0 Å². The van der Waals surface area contributed by atoms with Gasteiger partial charge in [0, 0.05) is 34.1 Å². The molecule has 19 rings (SSSR count). The average molecular weight is 1430 g/mol. The molecule has 0 heterocycles. The first-order valence-corrected chi connectivity index (χ1v) is 38.4. The van der Waals surface area contributed by atoms with Crippen LogP contribution >= 0.6 is 0 Å². The van der Waals surface area contributed by atoms with Crippen molar-refractivity contribution in [3.05, 3.63) is 472 Å². The van der Waals surface area contributed by atoms with Crippen molar-refractivity contribution < 1.29 is 0 Å². The summed E-state index contributed by atoms with van der Waals surface area (Å²) in [6, 6.07) is 166. The smallest absolute Gasteiger partial charge is 0.0462 e. The first-order valence-electron chi connectivity index (χ1n) is 38.4. The van der Waals surface area contributed by atoms with E-state index in [0.717, 1.165) is 45.3 Å². The molecule has 0 aromatic heterocycles. The Labute approximate surface area is 656 Å². The first-order chi connectivity index (χ1) is 55.5. The number of fused-ring (bicyclic) bond motifs is 3. The highest BCUT2D eigenvalue weighted by Crippen LogP contribution is 2.46. The molecular formula is C110H78N2. The zero-order valence-electron chi connectivity index (χ0n) is 61.9. The maximum absolute atomic E-state index is 2.37. The second kappa shape index (κ2) is 32.0. The monoisotopic (exact) mass is 1430 g/mol. The van der Waals surface area contributed by atoms with Gasteiger partial charge in [0.1, 0.15) is 0 Å². The molecular weight excluding hydrogens is 1350 g/mol. The zero-order chi connectivity index (χ0) is 74.8. The number of nitrogens with zero attached hydrogens (tertiary/aromatic N) is 2. The minimum atomic E-state index is 1.09. The number of benzene rings is 19. The molecule has 0 aliphatic carbocycles. The fraction of sp³-hybridized carbons (Fsp3) is 0. The van der Waals surface area contributed by atoms with Gasteiger partial charge in [0.2, 0.25) is 0 Å². The summed E-state index contributed by atoms with van der Waals surface area (Å²) in [5.74, 6) is 0. The highest BCUT2D eigenvalue weighted by molar-refractivity contribution is 6.22. The molecule has 0 spiro atoms. The van der Waals surface area contributed by atoms with Crippen LogP contribution in [-0.4, -0.2) is 0 Å². The van der Waals surface area contributed by atoms with Gasteiger partial charge >= 0.3 is 0 Å². The maximum Gasteiger partial charge on any atom is 0.0462 e. The minimum absolute atomic E-state index is 1.09. The molecule has 0 bridgehead atoms. The molecule has 0 N–H and O–H groups in total. The summed E-state index contributed by atoms with van der Waals surface area (Å²) in [6.45, 7) is 0. The average Bonchev–Trinajstić information content (AvgIpc) is 0.733. The van der Waals surface area contributed by atoms with Crippen molar-refractivity contribution in [1.29, 1.82) is 0 Å². The van der Waals surface area contributed by atoms with Crippen LogP contribution < -0.4 is 9.80 Å². The molecule has 2 heteroatoms. The van der Waals surface area contributed by atoms with Crippen LogP contribution in [-0.2, 0) is 0 Å². The number of hydrogen-bond acceptors (Lipinski definition) is 2. The van der Waals surface area contributed by atoms with Crippen molar-refractivity contribution >= 4 is 78.6 Å². The Balaban J connectivity index is 0.000000163. The van der Waals surface area contributed by atoms with E-state index in [4.69, 9.17) is 0 Å². The summed E-state index contributed by atoms with van der Waals surface area (Å²) in [5.41, 5.74) is 30.8. The Morgan fingerprint density at radius 3 is 0.616 bits per heavy atom. The molecule has 0 saturated heterocycles. The van der Waals surface area contributed by atoms with Crippen LogP contribution in [0.2, 0.25) is 0 Å². The lowest BCUT2D eigenvalue weighted by atomic mass is 9.85. The second-order valence-electron chi connectivity index (χ2n) is 28.4. The minimum Gasteiger partial charge on any atom is -0.311 e. The summed E-state index contributed by atoms with van der Waals surface area (Å²) in [4.78, 5) is 4.65. The van der Waals surface area contributed by atoms with E-state index in [2.05, 4.69) is 483 Å². The van der Waals surface area contributed by atoms with E-state index in [0.29, 0.717) is 0 Å². The predicted molar refractivity (Wildman–Crippen MR) is 479 cm³/mol. The van der Waals surface area contributed by atoms with Gasteiger partial charge in [0.15, 0.2) is 0 Å². The van der Waals surface area contributed by atoms with E-state index in [9.17, 15) is 0 Å². The SMILES string of the molecule is C(=C\c1ccc(N(c2ccc(-c3ccccc3)cc2)c2ccc(-c3ccccc3)cc2)cc1)/c1ccc(N(c2ccc(-c3ccccc3)cc2)c2ccc(-c3ccccc3)cc2)cc1.c1ccc(-c2cc(-c3ccccc3)cc(-c3ccc4cc(-c5c6ccccc6c(-c6ccccc6)c6ccccc56)ccc4c3)c2)cc1. The summed E-state index contributed by atoms with van der Waals surface area (Å²) in [5, 5.41) is 7.58. The Morgan fingerprint density at radius 2 is 0.330 bits per heavy atom. The van der Waals surface area contributed by atoms with Gasteiger partial charge in [-0.2, -0.15) is 0 Å². The quantitative estimate of drug-likeness (QED) is 0.0662. The summed E-state index contributed by atoms with van der Waals surface area (Å²) >= 11 is 0. The van der Waals surface area contributed by atoms with Crippen molar-refractivity contribution in [2.75, 3.05) is 9.80 Å². The Bertz CT molecular complexity index is 5940. The molecule has 0 unspecified atom stereocenters. The van der Waals surface area contributed by atoms with E-state index < -0.39 is 0 Å². The molecule has 2 nitrogen and oxygen atoms in total. The van der Waals surface area contributed by atoms with Crippen LogP contribution in [0, 0.1) is 0 Å². The largest absolute Gasteiger partial charge is 0.311 e. The zero-order valence-corrected chi connectivity index (χ0v) is 61.9. The lowest BCUT2D eigenvalue weighted by Crippen LogP contribution is -2.09. The van der Waals surface area contributed by atoms with Gasteiger partial charge in [-0.25, -0.2) is 0 Å². The molecule has 0 aliphatic rings. The van der Waals surface area contributed by atoms with Gasteiger partial charge in [0.25, 0.3) is 0 Å². The lowest BCUT2D eigenvalue weighted by Gasteiger charge is -2.26. The first kappa shape index (κ1) is 69.1. The Kier molecular flexibility index (Phi) is 19.7. The van der Waals surface area contributed by atoms with Crippen molar-refractivity contribution in [1.82, 2.24) is 0 Å². The molecule has 112 heavy (non-hydrogen) atoms. The molecule has 0 atom stereocenters. The Hall–Kier alpha value is -14.7. The van der Waals surface area contributed by atoms with Crippen molar-refractivity contribution in [3.8, 4) is 100 Å². The number of anilines is 6. The molecule has 0 radical (unpaired) electrons. The second-order valence-corrected chi connectivity index (χ2v) is 28.4. The van der Waals surface area contributed by atoms with E-state index in [1.807, 2.05) is 0 Å². The van der Waals surface area contributed by atoms with Gasteiger partial charge in [-0.3, -0.25) is 0 Å². The van der Waals surface area contributed by atoms with Gasteiger partial charge in [0.05, 0.1) is 0 Å². The molecule has 0 aliphatic heterocycles. The summed E-state index contributed by atoms with van der Waals surface area (Å²) < 4.78 is 0. The topological polar surface area (TPSA) is 6.48 Å². The van der Waals surface area contributed by atoms with Crippen LogP contribution in [0.5, 0.6) is 0 Å². The normalized spacial score (nSPS) is 11.2. The fourth-order valence-electron chi connectivity index (χ4n) is 15.6. The lowest BCUT2D eigenvalue weighted by molar-refractivity contribution is 1.28. The van der Waals surface area contributed by atoms with Crippen LogP contribution in [0.4, 0.5) is 34.1 Å². The van der Waals surface area contributed by atoms with Crippen molar-refractivity contribution in [2.24, 2.45) is 0 Å². The Morgan fingerprint density at radius 1 is 0.134 bits per heavy atom. The van der Waals surface area contributed by atoms with Gasteiger partial charge in [-0.15, -0.1) is 0 Å². The molecule has 19 aromatic rings. The van der Waals surface area contributed by atoms with Crippen LogP contribution in [0.1, 0.15) is 11.1 Å². The van der Waals surface area contributed by atoms with E-state index in [1.54, 1.807) is 0 Å². The van der Waals surface area contributed by atoms with E-state index >= 15 is 0 Å². The molecule has 0 fully saturated rings. The number of hydrogen-bond donors (Lipinski definition) is 0. The molecule has 528 valence electrons. The number of rotatable bonds is 17. The molecule has 0 amide bonds. The van der Waals surface area contributed by atoms with Crippen molar-refractivity contribution in [2.45, 2.75) is 0 Å². The van der Waals surface area contributed by atoms with E-state index in [-0.39, 0.29) is 0 Å². The van der Waals surface area contributed by atoms with Gasteiger partial charge < -0.3 is 9.80 Å². The van der Waals surface area contributed by atoms with Gasteiger partial charge in [-0.1, -0.05) is 370 Å². The molecule has 0 saturated carbocycles. The predicted octanol–water partition coefficient (Wildman–Crippen LogP) is 30.9. The highest BCUT2D eigenvalue weighted by Gasteiger charge is 2.20. The van der Waals surface area contributed by atoms with E-state index in [1.165, 1.54) is 132 Å². The van der Waals surface area contributed by atoms with Gasteiger partial charge in [-0.05, 0) is 247 Å². The summed E-state index contributed by atoms with van der Waals surface area (Å²) in [7, 11) is 0. The highest BCUT2D eigenvalue weighted by atomic mass is 15.1. The third kappa shape index (κ3) is 14.9. The summed E-state index contributed by atoms with van der Waals surface area (Å²) in [6.07, 6.45) is 4.38. The third-order valence-corrected chi connectivity index (χ3v) is 21.3. The van der Waals surface area contributed by atoms with Crippen LogP contribution in [0.15, 0.2) is 461 Å². The van der Waals surface area contributed by atoms with Crippen molar-refractivity contribution in [3.63, 3.8) is 0 Å².